The van der Waals surface area contributed by atoms with Crippen LogP contribution in [0.15, 0.2) is 72.8 Å². The van der Waals surface area contributed by atoms with E-state index in [-0.39, 0.29) is 17.1 Å². The summed E-state index contributed by atoms with van der Waals surface area (Å²) < 4.78 is 7.01. The smallest absolute Gasteiger partial charge is 0.261 e. The molecule has 1 aliphatic rings. The Morgan fingerprint density at radius 1 is 0.968 bits per heavy atom. The zero-order chi connectivity index (χ0) is 22.5. The fourth-order valence-corrected chi connectivity index (χ4v) is 9.78. The van der Waals surface area contributed by atoms with Crippen LogP contribution < -0.4 is 10.4 Å². The predicted molar refractivity (Wildman–Crippen MR) is 134 cm³/mol. The third-order valence-corrected chi connectivity index (χ3v) is 12.2. The van der Waals surface area contributed by atoms with Crippen molar-refractivity contribution in [3.8, 4) is 0 Å². The van der Waals surface area contributed by atoms with Crippen LogP contribution >= 0.6 is 0 Å². The van der Waals surface area contributed by atoms with E-state index in [1.807, 2.05) is 0 Å². The van der Waals surface area contributed by atoms with Crippen molar-refractivity contribution in [2.24, 2.45) is 11.8 Å². The van der Waals surface area contributed by atoms with Crippen molar-refractivity contribution in [2.45, 2.75) is 70.9 Å². The maximum absolute atomic E-state index is 11.0. The lowest BCUT2D eigenvalue weighted by Crippen LogP contribution is -2.66. The Hall–Kier alpha value is -1.68. The summed E-state index contributed by atoms with van der Waals surface area (Å²) in [5, 5.41) is 13.5. The van der Waals surface area contributed by atoms with Gasteiger partial charge in [-0.15, -0.1) is 0 Å². The van der Waals surface area contributed by atoms with Crippen LogP contribution in [0.3, 0.4) is 0 Å². The molecule has 3 rings (SSSR count). The molecule has 0 heterocycles. The van der Waals surface area contributed by atoms with E-state index in [1.165, 1.54) is 29.6 Å². The van der Waals surface area contributed by atoms with Crippen LogP contribution in [0.1, 0.15) is 59.8 Å². The van der Waals surface area contributed by atoms with Crippen molar-refractivity contribution in [3.05, 3.63) is 72.8 Å². The molecule has 1 saturated carbocycles. The number of hydrogen-bond acceptors (Lipinski definition) is 2. The molecule has 1 fully saturated rings. The minimum Gasteiger partial charge on any atom is -0.403 e. The molecule has 0 aromatic heterocycles. The van der Waals surface area contributed by atoms with Crippen LogP contribution in [-0.2, 0) is 4.43 Å². The molecule has 31 heavy (non-hydrogen) atoms. The monoisotopic (exact) mass is 436 g/mol. The fraction of sp³-hybridized carbons (Fsp3) is 0.500. The molecular formula is C28H40O2Si. The van der Waals surface area contributed by atoms with Gasteiger partial charge in [-0.3, -0.25) is 0 Å². The summed E-state index contributed by atoms with van der Waals surface area (Å²) in [7, 11) is -2.57. The maximum atomic E-state index is 11.0. The van der Waals surface area contributed by atoms with Crippen molar-refractivity contribution in [3.63, 3.8) is 0 Å². The van der Waals surface area contributed by atoms with Crippen LogP contribution in [0.2, 0.25) is 5.04 Å². The van der Waals surface area contributed by atoms with Gasteiger partial charge in [0.25, 0.3) is 8.32 Å². The fourth-order valence-electron chi connectivity index (χ4n) is 5.22. The highest BCUT2D eigenvalue weighted by Crippen LogP contribution is 2.38. The van der Waals surface area contributed by atoms with Crippen molar-refractivity contribution < 1.29 is 9.53 Å². The first-order chi connectivity index (χ1) is 14.8. The second-order valence-electron chi connectivity index (χ2n) is 10.3. The summed E-state index contributed by atoms with van der Waals surface area (Å²) in [5.41, 5.74) is 1.01. The molecule has 0 spiro atoms. The molecular weight excluding hydrogens is 396 g/mol. The minimum atomic E-state index is -2.57. The Kier molecular flexibility index (Phi) is 7.96. The maximum Gasteiger partial charge on any atom is 0.261 e. The SMILES string of the molecule is C=C(CO[Si](c1ccccc1)(c1ccccc1)C(C)(C)C)[C@H](C)[C@@H](O)C1CCCCC1. The number of aliphatic hydroxyl groups is 1. The van der Waals surface area contributed by atoms with Crippen molar-refractivity contribution >= 4 is 18.7 Å². The van der Waals surface area contributed by atoms with Crippen LogP contribution in [0.5, 0.6) is 0 Å². The molecule has 2 atom stereocenters. The van der Waals surface area contributed by atoms with Crippen LogP contribution in [0, 0.1) is 11.8 Å². The van der Waals surface area contributed by atoms with Crippen LogP contribution in [-0.4, -0.2) is 26.1 Å². The van der Waals surface area contributed by atoms with Gasteiger partial charge in [0.05, 0.1) is 12.7 Å². The van der Waals surface area contributed by atoms with E-state index in [0.717, 1.165) is 18.4 Å². The Morgan fingerprint density at radius 3 is 1.90 bits per heavy atom. The highest BCUT2D eigenvalue weighted by Gasteiger charge is 2.50. The average Bonchev–Trinajstić information content (AvgIpc) is 2.79. The van der Waals surface area contributed by atoms with E-state index >= 15 is 0 Å². The lowest BCUT2D eigenvalue weighted by Gasteiger charge is -2.43. The summed E-state index contributed by atoms with van der Waals surface area (Å²) in [6, 6.07) is 21.4. The van der Waals surface area contributed by atoms with Gasteiger partial charge in [0, 0.05) is 5.92 Å². The number of benzene rings is 2. The van der Waals surface area contributed by atoms with Gasteiger partial charge in [0.1, 0.15) is 0 Å². The molecule has 1 aliphatic carbocycles. The van der Waals surface area contributed by atoms with Gasteiger partial charge in [-0.25, -0.2) is 0 Å². The Labute approximate surface area is 190 Å². The summed E-state index contributed by atoms with van der Waals surface area (Å²) in [6.45, 7) is 13.9. The van der Waals surface area contributed by atoms with E-state index in [4.69, 9.17) is 4.43 Å². The Balaban J connectivity index is 1.88. The van der Waals surface area contributed by atoms with Crippen molar-refractivity contribution in [1.29, 1.82) is 0 Å². The van der Waals surface area contributed by atoms with E-state index in [9.17, 15) is 5.11 Å². The third kappa shape index (κ3) is 5.22. The minimum absolute atomic E-state index is 0.0429. The van der Waals surface area contributed by atoms with Gasteiger partial charge in [-0.05, 0) is 39.7 Å². The van der Waals surface area contributed by atoms with E-state index in [1.54, 1.807) is 0 Å². The van der Waals surface area contributed by atoms with Gasteiger partial charge in [-0.1, -0.05) is 114 Å². The normalized spacial score (nSPS) is 17.8. The molecule has 0 amide bonds. The standard InChI is InChI=1S/C28H40O2Si/c1-22(23(2)27(29)24-15-9-6-10-16-24)21-30-31(28(3,4)5,25-17-11-7-12-18-25)26-19-13-8-14-20-26/h7-8,11-14,17-20,23-24,27,29H,1,6,9-10,15-16,21H2,2-5H3/t23-,27+/m0/s1. The van der Waals surface area contributed by atoms with Gasteiger partial charge in [0.2, 0.25) is 0 Å². The first-order valence-corrected chi connectivity index (χ1v) is 13.8. The number of hydrogen-bond donors (Lipinski definition) is 1. The lowest BCUT2D eigenvalue weighted by molar-refractivity contribution is 0.0490. The molecule has 168 valence electrons. The molecule has 0 radical (unpaired) electrons. The molecule has 2 aromatic carbocycles. The molecule has 0 saturated heterocycles. The Bertz CT molecular complexity index is 780. The largest absolute Gasteiger partial charge is 0.403 e. The van der Waals surface area contributed by atoms with E-state index in [2.05, 4.69) is 94.9 Å². The summed E-state index contributed by atoms with van der Waals surface area (Å²) in [4.78, 5) is 0. The van der Waals surface area contributed by atoms with Crippen molar-refractivity contribution in [1.82, 2.24) is 0 Å². The first kappa shape index (κ1) is 24.0. The van der Waals surface area contributed by atoms with Crippen LogP contribution in [0.4, 0.5) is 0 Å². The topological polar surface area (TPSA) is 29.5 Å². The summed E-state index contributed by atoms with van der Waals surface area (Å²) >= 11 is 0. The summed E-state index contributed by atoms with van der Waals surface area (Å²) in [6.07, 6.45) is 5.72. The molecule has 1 N–H and O–H groups in total. The highest BCUT2D eigenvalue weighted by atomic mass is 28.4. The van der Waals surface area contributed by atoms with E-state index in [0.29, 0.717) is 12.5 Å². The van der Waals surface area contributed by atoms with Gasteiger partial charge in [-0.2, -0.15) is 0 Å². The zero-order valence-corrected chi connectivity index (χ0v) is 20.8. The van der Waals surface area contributed by atoms with Gasteiger partial charge in [0.15, 0.2) is 0 Å². The molecule has 3 heteroatoms. The molecule has 0 aliphatic heterocycles. The zero-order valence-electron chi connectivity index (χ0n) is 19.8. The third-order valence-electron chi connectivity index (χ3n) is 7.18. The highest BCUT2D eigenvalue weighted by molar-refractivity contribution is 6.99. The molecule has 0 bridgehead atoms. The predicted octanol–water partition coefficient (Wildman–Crippen LogP) is 5.70. The van der Waals surface area contributed by atoms with E-state index < -0.39 is 8.32 Å². The first-order valence-electron chi connectivity index (χ1n) is 11.9. The van der Waals surface area contributed by atoms with Crippen LogP contribution in [0.25, 0.3) is 0 Å². The second-order valence-corrected chi connectivity index (χ2v) is 14.6. The molecule has 2 nitrogen and oxygen atoms in total. The lowest BCUT2D eigenvalue weighted by atomic mass is 9.79. The molecule has 0 unspecified atom stereocenters. The summed E-state index contributed by atoms with van der Waals surface area (Å²) in [5.74, 6) is 0.440. The quantitative estimate of drug-likeness (QED) is 0.425. The van der Waals surface area contributed by atoms with Crippen molar-refractivity contribution in [2.75, 3.05) is 6.61 Å². The second kappa shape index (κ2) is 10.3. The number of aliphatic hydroxyl groups excluding tert-OH is 1. The van der Waals surface area contributed by atoms with Gasteiger partial charge >= 0.3 is 0 Å². The molecule has 2 aromatic rings. The van der Waals surface area contributed by atoms with Gasteiger partial charge < -0.3 is 9.53 Å². The average molecular weight is 437 g/mol. The number of rotatable bonds is 8. The Morgan fingerprint density at radius 2 is 1.45 bits per heavy atom.